The van der Waals surface area contributed by atoms with E-state index in [1.54, 1.807) is 7.11 Å². The molecule has 6 radical (unpaired) electrons. The Labute approximate surface area is 160 Å². The number of hydrogen-bond acceptors (Lipinski definition) is 1. The van der Waals surface area contributed by atoms with Gasteiger partial charge in [-0.1, -0.05) is 58.9 Å². The summed E-state index contributed by atoms with van der Waals surface area (Å²) in [5, 5.41) is 0. The van der Waals surface area contributed by atoms with Crippen LogP contribution in [-0.4, -0.2) is 50.0 Å². The van der Waals surface area contributed by atoms with Gasteiger partial charge in [0.1, 0.15) is 0 Å². The average molecular weight is 425 g/mol. The van der Waals surface area contributed by atoms with Crippen molar-refractivity contribution in [2.24, 2.45) is 0 Å². The molecule has 5 heteroatoms. The largest absolute Gasteiger partial charge is 0.0715 e. The number of benzene rings is 1. The molecule has 130 valence electrons. The van der Waals surface area contributed by atoms with Gasteiger partial charge in [-0.25, -0.2) is 0 Å². The molecule has 0 bridgehead atoms. The van der Waals surface area contributed by atoms with Crippen molar-refractivity contribution in [3.05, 3.63) is 34.7 Å². The van der Waals surface area contributed by atoms with Crippen LogP contribution in [-0.2, 0) is 0 Å². The van der Waals surface area contributed by atoms with Crippen LogP contribution in [0.3, 0.4) is 0 Å². The molecular formula is C18H36GeOSi3. The van der Waals surface area contributed by atoms with Crippen LogP contribution in [0.15, 0.2) is 29.2 Å². The van der Waals surface area contributed by atoms with Crippen molar-refractivity contribution >= 4 is 49.0 Å². The number of methoxy groups -OCH3 is 1. The molecule has 1 aromatic carbocycles. The maximum absolute atomic E-state index is 5.02. The summed E-state index contributed by atoms with van der Waals surface area (Å²) in [5.74, 6) is 0.901. The van der Waals surface area contributed by atoms with Gasteiger partial charge in [-0.3, -0.25) is 0 Å². The van der Waals surface area contributed by atoms with Gasteiger partial charge in [0.15, 0.2) is 0 Å². The summed E-state index contributed by atoms with van der Waals surface area (Å²) in [6.07, 6.45) is 2.06. The molecule has 1 aromatic rings. The van der Waals surface area contributed by atoms with Gasteiger partial charge in [0.05, 0.1) is 0 Å². The maximum atomic E-state index is 5.02. The smallest absolute Gasteiger partial charge is 0.0379 e. The van der Waals surface area contributed by atoms with Gasteiger partial charge in [-0.05, 0) is 0 Å². The van der Waals surface area contributed by atoms with E-state index < -0.39 is 0 Å². The predicted octanol–water partition coefficient (Wildman–Crippen LogP) is 5.95. The molecule has 0 spiro atoms. The van der Waals surface area contributed by atoms with E-state index in [-0.39, 0.29) is 26.4 Å². The van der Waals surface area contributed by atoms with Gasteiger partial charge < -0.3 is 0 Å². The Hall–Kier alpha value is -0.0465. The Kier molecular flexibility index (Phi) is 24.2. The summed E-state index contributed by atoms with van der Waals surface area (Å²) < 4.78 is 5.02. The Bertz CT molecular complexity index is 341. The minimum Gasteiger partial charge on any atom is -0.0715 e. The van der Waals surface area contributed by atoms with Crippen molar-refractivity contribution in [3.8, 4) is 5.75 Å². The first-order valence-electron chi connectivity index (χ1n) is 7.84. The van der Waals surface area contributed by atoms with Crippen LogP contribution in [0.4, 0.5) is 0 Å². The van der Waals surface area contributed by atoms with Crippen LogP contribution in [0, 0.1) is 0 Å². The predicted molar refractivity (Wildman–Crippen MR) is 118 cm³/mol. The number of ether oxygens (including phenoxy) is 1. The molecule has 0 aliphatic heterocycles. The molecule has 1 nitrogen and oxygen atoms in total. The fourth-order valence-electron chi connectivity index (χ4n) is 0.811. The molecule has 1 rings (SSSR count). The molecule has 0 saturated carbocycles. The second kappa shape index (κ2) is 20.0. The standard InChI is InChI=1S/C9H9GeO.3C3H9Si/c1-11-9-4-2-8(3-5-9)6-7-10;3*1-4(2)3/h2-7H,1H3;3*1-3H3. The van der Waals surface area contributed by atoms with Gasteiger partial charge in [0, 0.05) is 26.4 Å². The van der Waals surface area contributed by atoms with Crippen LogP contribution in [0.1, 0.15) is 5.56 Å². The molecule has 0 aliphatic carbocycles. The van der Waals surface area contributed by atoms with Crippen molar-refractivity contribution < 1.29 is 4.74 Å². The van der Waals surface area contributed by atoms with Gasteiger partial charge in [-0.2, -0.15) is 0 Å². The minimum atomic E-state index is 0.120. The van der Waals surface area contributed by atoms with Crippen molar-refractivity contribution in [1.29, 1.82) is 0 Å². The molecule has 0 saturated heterocycles. The maximum Gasteiger partial charge on any atom is 0.0379 e. The first kappa shape index (κ1) is 27.8. The zero-order valence-electron chi connectivity index (χ0n) is 16.9. The van der Waals surface area contributed by atoms with Crippen LogP contribution < -0.4 is 4.74 Å². The van der Waals surface area contributed by atoms with Gasteiger partial charge in [0.25, 0.3) is 0 Å². The van der Waals surface area contributed by atoms with Crippen molar-refractivity contribution in [1.82, 2.24) is 0 Å². The molecule has 0 amide bonds. The monoisotopic (exact) mass is 426 g/mol. The number of hydrogen-bond donors (Lipinski definition) is 0. The Morgan fingerprint density at radius 1 is 0.739 bits per heavy atom. The van der Waals surface area contributed by atoms with Crippen LogP contribution >= 0.6 is 0 Å². The number of rotatable bonds is 2. The molecular weight excluding hydrogens is 389 g/mol. The normalized spacial score (nSPS) is 9.65. The SMILES string of the molecule is COc1ccc(C=[CH][Ge])cc1.C[Si](C)C.C[Si](C)C.C[Si](C)C. The van der Waals surface area contributed by atoms with Gasteiger partial charge >= 0.3 is 74.9 Å². The molecule has 0 atom stereocenters. The third-order valence-electron chi connectivity index (χ3n) is 1.39. The molecule has 0 N–H and O–H groups in total. The third kappa shape index (κ3) is 39.1. The van der Waals surface area contributed by atoms with E-state index in [0.717, 1.165) is 5.75 Å². The fraction of sp³-hybridized carbons (Fsp3) is 0.556. The molecule has 0 unspecified atom stereocenters. The van der Waals surface area contributed by atoms with E-state index in [4.69, 9.17) is 4.74 Å². The fourth-order valence-corrected chi connectivity index (χ4v) is 1.22. The third-order valence-corrected chi connectivity index (χ3v) is 1.74. The van der Waals surface area contributed by atoms with Crippen LogP contribution in [0.25, 0.3) is 6.08 Å². The van der Waals surface area contributed by atoms with E-state index in [2.05, 4.69) is 65.0 Å². The summed E-state index contributed by atoms with van der Waals surface area (Å²) in [6.45, 7) is 20.4. The topological polar surface area (TPSA) is 9.23 Å². The van der Waals surface area contributed by atoms with E-state index in [1.165, 1.54) is 5.56 Å². The van der Waals surface area contributed by atoms with E-state index in [1.807, 2.05) is 45.7 Å². The molecule has 23 heavy (non-hydrogen) atoms. The van der Waals surface area contributed by atoms with E-state index in [9.17, 15) is 0 Å². The van der Waals surface area contributed by atoms with Crippen LogP contribution in [0.2, 0.25) is 58.9 Å². The van der Waals surface area contributed by atoms with Gasteiger partial charge in [0.2, 0.25) is 0 Å². The Morgan fingerprint density at radius 3 is 1.26 bits per heavy atom. The zero-order chi connectivity index (χ0) is 18.8. The molecule has 0 heterocycles. The quantitative estimate of drug-likeness (QED) is 0.533. The second-order valence-electron chi connectivity index (χ2n) is 6.61. The van der Waals surface area contributed by atoms with E-state index in [0.29, 0.717) is 0 Å². The summed E-state index contributed by atoms with van der Waals surface area (Å²) in [7, 11) is 2.03. The molecule has 0 aromatic heterocycles. The first-order chi connectivity index (χ1) is 10.6. The zero-order valence-corrected chi connectivity index (χ0v) is 22.0. The van der Waals surface area contributed by atoms with E-state index >= 15 is 0 Å². The van der Waals surface area contributed by atoms with Gasteiger partial charge in [-0.15, -0.1) is 0 Å². The minimum absolute atomic E-state index is 0.120. The van der Waals surface area contributed by atoms with Crippen LogP contribution in [0.5, 0.6) is 5.75 Å². The molecule has 0 aliphatic rings. The average Bonchev–Trinajstić information content (AvgIpc) is 2.38. The Balaban J connectivity index is -0.000000278. The van der Waals surface area contributed by atoms with Crippen molar-refractivity contribution in [3.63, 3.8) is 0 Å². The summed E-state index contributed by atoms with van der Waals surface area (Å²) in [4.78, 5) is 2.02. The molecule has 0 fully saturated rings. The Morgan fingerprint density at radius 2 is 1.04 bits per heavy atom. The second-order valence-corrected chi connectivity index (χ2v) is 16.3. The summed E-state index contributed by atoms with van der Waals surface area (Å²) in [6, 6.07) is 7.96. The summed E-state index contributed by atoms with van der Waals surface area (Å²) in [5.41, 5.74) is 1.20. The van der Waals surface area contributed by atoms with Crippen molar-refractivity contribution in [2.75, 3.05) is 7.11 Å². The van der Waals surface area contributed by atoms with Crippen molar-refractivity contribution in [2.45, 2.75) is 58.9 Å². The first-order valence-corrected chi connectivity index (χ1v) is 18.1. The summed E-state index contributed by atoms with van der Waals surface area (Å²) >= 11 is 2.00.